The molecular formula is C21H27ClN2O7S. The fraction of sp³-hybridized carbons (Fsp3) is 0.429. The number of carbonyl (C=O) groups is 2. The van der Waals surface area contributed by atoms with Crippen LogP contribution in [0.1, 0.15) is 28.7 Å². The Morgan fingerprint density at radius 1 is 1.22 bits per heavy atom. The largest absolute Gasteiger partial charge is 0.456 e. The molecule has 2 aromatic rings. The standard InChI is InChI=1S/C21H27ClN2O7S/c1-13-11-18(14(2)24(13)9-10-30-4)19(26)12-31-21(27)20(15(3)25)23-32(28,29)17-7-5-16(22)6-8-17/h5-8,11,15,20,23,25H,9-10,12H2,1-4H3/t15-,20+/m0/s1. The van der Waals surface area contributed by atoms with Crippen LogP contribution in [0.2, 0.25) is 5.02 Å². The summed E-state index contributed by atoms with van der Waals surface area (Å²) >= 11 is 5.77. The number of nitrogens with zero attached hydrogens (tertiary/aromatic N) is 1. The highest BCUT2D eigenvalue weighted by Crippen LogP contribution is 2.17. The third kappa shape index (κ3) is 6.39. The maximum absolute atomic E-state index is 12.6. The van der Waals surface area contributed by atoms with Crippen LogP contribution in [0.25, 0.3) is 0 Å². The summed E-state index contributed by atoms with van der Waals surface area (Å²) < 4.78 is 39.2. The summed E-state index contributed by atoms with van der Waals surface area (Å²) in [4.78, 5) is 24.9. The quantitative estimate of drug-likeness (QED) is 0.367. The van der Waals surface area contributed by atoms with Crippen molar-refractivity contribution in [1.29, 1.82) is 0 Å². The van der Waals surface area contributed by atoms with Crippen LogP contribution < -0.4 is 4.72 Å². The van der Waals surface area contributed by atoms with Crippen LogP contribution in [0.3, 0.4) is 0 Å². The topological polar surface area (TPSA) is 124 Å². The van der Waals surface area contributed by atoms with E-state index in [9.17, 15) is 23.1 Å². The van der Waals surface area contributed by atoms with E-state index in [2.05, 4.69) is 4.72 Å². The van der Waals surface area contributed by atoms with E-state index in [0.717, 1.165) is 5.69 Å². The molecule has 0 bridgehead atoms. The van der Waals surface area contributed by atoms with Crippen molar-refractivity contribution in [3.8, 4) is 0 Å². The van der Waals surface area contributed by atoms with Gasteiger partial charge in [-0.2, -0.15) is 4.72 Å². The molecule has 1 aromatic carbocycles. The second-order valence-corrected chi connectivity index (χ2v) is 9.40. The summed E-state index contributed by atoms with van der Waals surface area (Å²) in [6, 6.07) is 5.38. The highest BCUT2D eigenvalue weighted by Gasteiger charge is 2.31. The molecule has 2 rings (SSSR count). The number of rotatable bonds is 11. The number of halogens is 1. The van der Waals surface area contributed by atoms with Gasteiger partial charge in [0.1, 0.15) is 6.04 Å². The molecule has 0 fully saturated rings. The number of aliphatic hydroxyl groups is 1. The number of esters is 1. The summed E-state index contributed by atoms with van der Waals surface area (Å²) in [6.45, 7) is 5.30. The first-order valence-electron chi connectivity index (χ1n) is 9.79. The van der Waals surface area contributed by atoms with Gasteiger partial charge in [-0.15, -0.1) is 0 Å². The number of Topliss-reactive ketones (excluding diaryl/α,β-unsaturated/α-hetero) is 1. The number of ether oxygens (including phenoxy) is 2. The Bertz CT molecular complexity index is 1060. The third-order valence-electron chi connectivity index (χ3n) is 4.88. The number of aryl methyl sites for hydroxylation is 1. The van der Waals surface area contributed by atoms with Gasteiger partial charge in [0, 0.05) is 35.6 Å². The molecule has 0 amide bonds. The predicted octanol–water partition coefficient (Wildman–Crippen LogP) is 1.86. The molecule has 32 heavy (non-hydrogen) atoms. The molecule has 0 aliphatic carbocycles. The van der Waals surface area contributed by atoms with Gasteiger partial charge in [0.25, 0.3) is 0 Å². The van der Waals surface area contributed by atoms with E-state index in [1.165, 1.54) is 31.2 Å². The second-order valence-electron chi connectivity index (χ2n) is 7.25. The summed E-state index contributed by atoms with van der Waals surface area (Å²) in [6.07, 6.45) is -1.40. The van der Waals surface area contributed by atoms with Gasteiger partial charge in [-0.05, 0) is 51.1 Å². The van der Waals surface area contributed by atoms with Gasteiger partial charge < -0.3 is 19.1 Å². The highest BCUT2D eigenvalue weighted by atomic mass is 35.5. The molecule has 9 nitrogen and oxygen atoms in total. The lowest BCUT2D eigenvalue weighted by molar-refractivity contribution is -0.147. The molecule has 0 unspecified atom stereocenters. The summed E-state index contributed by atoms with van der Waals surface area (Å²) in [5, 5.41) is 10.3. The van der Waals surface area contributed by atoms with Crippen molar-refractivity contribution in [2.24, 2.45) is 0 Å². The van der Waals surface area contributed by atoms with E-state index in [1.807, 2.05) is 11.5 Å². The number of nitrogens with one attached hydrogen (secondary N) is 1. The minimum atomic E-state index is -4.14. The van der Waals surface area contributed by atoms with Crippen molar-refractivity contribution >= 4 is 33.4 Å². The normalized spacial score (nSPS) is 13.6. The van der Waals surface area contributed by atoms with Gasteiger partial charge in [0.05, 0.1) is 17.6 Å². The average molecular weight is 487 g/mol. The first kappa shape index (κ1) is 26.0. The molecule has 11 heteroatoms. The van der Waals surface area contributed by atoms with Crippen LogP contribution in [-0.4, -0.2) is 62.3 Å². The minimum Gasteiger partial charge on any atom is -0.456 e. The van der Waals surface area contributed by atoms with Crippen LogP contribution in [0.5, 0.6) is 0 Å². The molecule has 0 spiro atoms. The van der Waals surface area contributed by atoms with Gasteiger partial charge in [-0.3, -0.25) is 9.59 Å². The van der Waals surface area contributed by atoms with Gasteiger partial charge in [0.2, 0.25) is 15.8 Å². The van der Waals surface area contributed by atoms with E-state index >= 15 is 0 Å². The number of methoxy groups -OCH3 is 1. The zero-order valence-corrected chi connectivity index (χ0v) is 19.9. The zero-order chi connectivity index (χ0) is 24.1. The van der Waals surface area contributed by atoms with Gasteiger partial charge in [-0.25, -0.2) is 8.42 Å². The summed E-state index contributed by atoms with van der Waals surface area (Å²) in [5.41, 5.74) is 1.95. The van der Waals surface area contributed by atoms with E-state index in [0.29, 0.717) is 29.4 Å². The molecule has 0 saturated heterocycles. The van der Waals surface area contributed by atoms with Crippen LogP contribution in [0.15, 0.2) is 35.2 Å². The molecule has 0 aliphatic heterocycles. The number of ketones is 1. The van der Waals surface area contributed by atoms with Crippen LogP contribution in [0, 0.1) is 13.8 Å². The zero-order valence-electron chi connectivity index (χ0n) is 18.3. The van der Waals surface area contributed by atoms with Gasteiger partial charge in [-0.1, -0.05) is 11.6 Å². The fourth-order valence-electron chi connectivity index (χ4n) is 3.11. The Morgan fingerprint density at radius 3 is 2.41 bits per heavy atom. The second kappa shape index (κ2) is 11.1. The number of aromatic nitrogens is 1. The third-order valence-corrected chi connectivity index (χ3v) is 6.59. The number of carbonyl (C=O) groups excluding carboxylic acids is 2. The number of sulfonamides is 1. The van der Waals surface area contributed by atoms with Crippen molar-refractivity contribution in [3.05, 3.63) is 52.3 Å². The molecule has 2 atom stereocenters. The Hall–Kier alpha value is -2.24. The fourth-order valence-corrected chi connectivity index (χ4v) is 4.49. The Labute approximate surface area is 192 Å². The molecule has 0 radical (unpaired) electrons. The summed E-state index contributed by atoms with van der Waals surface area (Å²) in [5.74, 6) is -1.51. The predicted molar refractivity (Wildman–Crippen MR) is 118 cm³/mol. The Kier molecular flexibility index (Phi) is 8.99. The van der Waals surface area contributed by atoms with Crippen molar-refractivity contribution in [3.63, 3.8) is 0 Å². The molecule has 0 aliphatic rings. The molecular weight excluding hydrogens is 460 g/mol. The first-order valence-corrected chi connectivity index (χ1v) is 11.7. The number of aliphatic hydroxyl groups excluding tert-OH is 1. The Morgan fingerprint density at radius 2 is 1.84 bits per heavy atom. The SMILES string of the molecule is COCCn1c(C)cc(C(=O)COC(=O)[C@H](NS(=O)(=O)c2ccc(Cl)cc2)[C@H](C)O)c1C. The van der Waals surface area contributed by atoms with Crippen LogP contribution in [-0.2, 0) is 30.8 Å². The van der Waals surface area contributed by atoms with Crippen molar-refractivity contribution < 1.29 is 32.6 Å². The van der Waals surface area contributed by atoms with Crippen LogP contribution >= 0.6 is 11.6 Å². The lowest BCUT2D eigenvalue weighted by atomic mass is 10.1. The van der Waals surface area contributed by atoms with Crippen molar-refractivity contribution in [1.82, 2.24) is 9.29 Å². The smallest absolute Gasteiger partial charge is 0.327 e. The maximum Gasteiger partial charge on any atom is 0.327 e. The van der Waals surface area contributed by atoms with Gasteiger partial charge >= 0.3 is 5.97 Å². The minimum absolute atomic E-state index is 0.139. The van der Waals surface area contributed by atoms with E-state index in [1.54, 1.807) is 20.1 Å². The van der Waals surface area contributed by atoms with E-state index in [4.69, 9.17) is 21.1 Å². The van der Waals surface area contributed by atoms with Crippen molar-refractivity contribution in [2.45, 2.75) is 44.4 Å². The van der Waals surface area contributed by atoms with Crippen molar-refractivity contribution in [2.75, 3.05) is 20.3 Å². The number of benzene rings is 1. The number of hydrogen-bond donors (Lipinski definition) is 2. The molecule has 2 N–H and O–H groups in total. The molecule has 1 heterocycles. The molecule has 0 saturated carbocycles. The van der Waals surface area contributed by atoms with E-state index in [-0.39, 0.29) is 4.90 Å². The van der Waals surface area contributed by atoms with Gasteiger partial charge in [0.15, 0.2) is 6.61 Å². The van der Waals surface area contributed by atoms with E-state index < -0.39 is 40.5 Å². The summed E-state index contributed by atoms with van der Waals surface area (Å²) in [7, 11) is -2.56. The maximum atomic E-state index is 12.6. The van der Waals surface area contributed by atoms with Crippen LogP contribution in [0.4, 0.5) is 0 Å². The monoisotopic (exact) mass is 486 g/mol. The number of hydrogen-bond acceptors (Lipinski definition) is 7. The first-order chi connectivity index (χ1) is 15.0. The molecule has 176 valence electrons. The highest BCUT2D eigenvalue weighted by molar-refractivity contribution is 7.89. The molecule has 1 aromatic heterocycles. The average Bonchev–Trinajstić information content (AvgIpc) is 3.02. The lowest BCUT2D eigenvalue weighted by Gasteiger charge is -2.20. The lowest BCUT2D eigenvalue weighted by Crippen LogP contribution is -2.48. The Balaban J connectivity index is 2.09.